The van der Waals surface area contributed by atoms with Gasteiger partial charge in [0.05, 0.1) is 19.4 Å². The van der Waals surface area contributed by atoms with Gasteiger partial charge in [0.2, 0.25) is 17.7 Å². The van der Waals surface area contributed by atoms with Gasteiger partial charge in [-0.2, -0.15) is 0 Å². The summed E-state index contributed by atoms with van der Waals surface area (Å²) >= 11 is 0. The number of carbonyl (C=O) groups excluding carboxylic acids is 5. The molecule has 0 aromatic heterocycles. The summed E-state index contributed by atoms with van der Waals surface area (Å²) in [6, 6.07) is -2.85. The monoisotopic (exact) mass is 809 g/mol. The molecule has 0 aliphatic heterocycles. The molecule has 20 nitrogen and oxygen atoms in total. The molecule has 42 heavy (non-hydrogen) atoms. The van der Waals surface area contributed by atoms with Gasteiger partial charge in [0.1, 0.15) is 12.1 Å². The molecule has 0 rings (SSSR count). The Morgan fingerprint density at radius 3 is 1.67 bits per heavy atom. The van der Waals surface area contributed by atoms with Crippen LogP contribution in [0.2, 0.25) is 0 Å². The fourth-order valence-electron chi connectivity index (χ4n) is 2.37. The summed E-state index contributed by atoms with van der Waals surface area (Å²) in [5, 5.41) is 51.8. The van der Waals surface area contributed by atoms with Crippen molar-refractivity contribution in [1.82, 2.24) is 22.1 Å². The smallest absolute Gasteiger partial charge is 1.00 e. The number of amides is 3. The van der Waals surface area contributed by atoms with Crippen molar-refractivity contribution in [2.24, 2.45) is 16.5 Å². The molecule has 242 valence electrons. The largest absolute Gasteiger partial charge is 4.00 e. The number of rotatable bonds is 18. The molecule has 0 saturated heterocycles. The Bertz CT molecular complexity index is 935. The van der Waals surface area contributed by atoms with Gasteiger partial charge < -0.3 is 81.1 Å². The fourth-order valence-corrected chi connectivity index (χ4v) is 2.37. The van der Waals surface area contributed by atoms with Crippen LogP contribution in [0.4, 0.5) is 0 Å². The number of nitrogens with zero attached hydrogens (tertiary/aromatic N) is 1. The second kappa shape index (κ2) is 27.2. The molecule has 0 unspecified atom stereocenters. The van der Waals surface area contributed by atoms with E-state index in [2.05, 4.69) is 15.6 Å². The van der Waals surface area contributed by atoms with Crippen LogP contribution in [0, 0.1) is 0 Å². The number of carboxylic acids is 5. The van der Waals surface area contributed by atoms with E-state index in [4.69, 9.17) is 26.8 Å². The number of hydrogen-bond acceptors (Lipinski definition) is 12. The molecule has 0 bridgehead atoms. The van der Waals surface area contributed by atoms with Crippen molar-refractivity contribution in [1.29, 1.82) is 0 Å². The number of nitrogens with one attached hydrogen (secondary N) is 3. The van der Waals surface area contributed by atoms with Crippen LogP contribution in [0.3, 0.4) is 0 Å². The number of halogens is 1. The van der Waals surface area contributed by atoms with E-state index in [1.165, 1.54) is 0 Å². The van der Waals surface area contributed by atoms with Crippen molar-refractivity contribution >= 4 is 53.5 Å². The number of carbonyl (C=O) groups is 8. The SMILES string of the molecule is N.NC(N)=NCCC[C@H](NC(=O)CCC(=O)[O-])C(=O)NCC(=O)N[C@@H](CC(=O)O)C(=O)O.O=C([O-])CCC(=O)O.[Cl-].[Pt+4]. The third kappa shape index (κ3) is 30.5. The van der Waals surface area contributed by atoms with E-state index in [1.54, 1.807) is 0 Å². The van der Waals surface area contributed by atoms with E-state index in [0.29, 0.717) is 0 Å². The Labute approximate surface area is 259 Å². The zero-order valence-corrected chi connectivity index (χ0v) is 25.0. The number of guanidine groups is 1. The first-order valence-corrected chi connectivity index (χ1v) is 11.0. The van der Waals surface area contributed by atoms with Crippen LogP contribution in [-0.2, 0) is 59.4 Å². The van der Waals surface area contributed by atoms with Gasteiger partial charge in [0, 0.05) is 24.9 Å². The van der Waals surface area contributed by atoms with Crippen molar-refractivity contribution in [3.63, 3.8) is 0 Å². The van der Waals surface area contributed by atoms with E-state index in [1.807, 2.05) is 5.32 Å². The molecule has 0 aliphatic rings. The van der Waals surface area contributed by atoms with E-state index in [-0.39, 0.29) is 71.4 Å². The van der Waals surface area contributed by atoms with Gasteiger partial charge in [0.25, 0.3) is 0 Å². The number of aliphatic carboxylic acids is 5. The third-order valence-electron chi connectivity index (χ3n) is 4.13. The van der Waals surface area contributed by atoms with E-state index >= 15 is 0 Å². The van der Waals surface area contributed by atoms with Gasteiger partial charge in [-0.15, -0.1) is 0 Å². The molecular weight excluding hydrogens is 777 g/mol. The maximum absolute atomic E-state index is 12.3. The van der Waals surface area contributed by atoms with Gasteiger partial charge in [-0.3, -0.25) is 29.0 Å². The molecular formula is C20H33ClN7O13Pt+. The minimum atomic E-state index is -1.69. The standard InChI is InChI=1S/C16H26N6O9.C4H6O4.ClH.H3N.Pt/c17-16(18)19-5-1-2-8(21-10(23)3-4-12(25)26)14(29)20-7-11(24)22-9(15(30)31)6-13(27)28;5-3(6)1-2-4(7)8;;;/h8-9H,1-7H2,(H,20,29)(H,21,23)(H,22,24)(H,25,26)(H,27,28)(H,30,31)(H4,17,18,19);1-2H2,(H,5,6)(H,7,8);1H;1H3;/q;;;;+4/p-3/t8-,9-;;;;/m0..../s1. The predicted octanol–water partition coefficient (Wildman–Crippen LogP) is -9.02. The van der Waals surface area contributed by atoms with Gasteiger partial charge >= 0.3 is 39.0 Å². The van der Waals surface area contributed by atoms with Crippen molar-refractivity contribution < 1.29 is 97.4 Å². The van der Waals surface area contributed by atoms with Crippen molar-refractivity contribution in [2.75, 3.05) is 13.1 Å². The third-order valence-corrected chi connectivity index (χ3v) is 4.13. The van der Waals surface area contributed by atoms with E-state index in [0.717, 1.165) is 0 Å². The first-order valence-electron chi connectivity index (χ1n) is 11.0. The zero-order valence-electron chi connectivity index (χ0n) is 21.9. The summed E-state index contributed by atoms with van der Waals surface area (Å²) in [5.74, 6) is -9.61. The molecule has 0 aliphatic carbocycles. The van der Waals surface area contributed by atoms with Crippen LogP contribution in [0.25, 0.3) is 0 Å². The fraction of sp³-hybridized carbons (Fsp3) is 0.550. The molecule has 0 radical (unpaired) electrons. The van der Waals surface area contributed by atoms with Crippen LogP contribution in [-0.4, -0.2) is 94.0 Å². The summed E-state index contributed by atoms with van der Waals surface area (Å²) in [6.07, 6.45) is -2.33. The Balaban J connectivity index is -0.000000362. The van der Waals surface area contributed by atoms with Crippen LogP contribution < -0.4 is 56.2 Å². The van der Waals surface area contributed by atoms with Gasteiger partial charge in [-0.25, -0.2) is 4.79 Å². The Morgan fingerprint density at radius 1 is 0.762 bits per heavy atom. The number of hydrogen-bond donors (Lipinski definition) is 9. The predicted molar refractivity (Wildman–Crippen MR) is 128 cm³/mol. The molecule has 3 amide bonds. The molecule has 13 N–H and O–H groups in total. The normalized spacial score (nSPS) is 10.5. The maximum Gasteiger partial charge on any atom is 4.00 e. The summed E-state index contributed by atoms with van der Waals surface area (Å²) in [4.78, 5) is 90.8. The molecule has 0 heterocycles. The first kappa shape index (κ1) is 47.7. The molecule has 22 heteroatoms. The number of nitrogens with two attached hydrogens (primary N) is 2. The minimum absolute atomic E-state index is 0. The molecule has 0 spiro atoms. The zero-order chi connectivity index (χ0) is 30.5. The average Bonchev–Trinajstić information content (AvgIpc) is 2.81. The van der Waals surface area contributed by atoms with Crippen molar-refractivity contribution in [3.05, 3.63) is 0 Å². The topological polar surface area (TPSA) is 379 Å². The average molecular weight is 810 g/mol. The molecule has 0 saturated carbocycles. The summed E-state index contributed by atoms with van der Waals surface area (Å²) in [6.45, 7) is -0.557. The van der Waals surface area contributed by atoms with Gasteiger partial charge in [-0.1, -0.05) is 0 Å². The Kier molecular flexibility index (Phi) is 30.9. The van der Waals surface area contributed by atoms with Gasteiger partial charge in [0.15, 0.2) is 5.96 Å². The molecule has 0 fully saturated rings. The van der Waals surface area contributed by atoms with Crippen LogP contribution >= 0.6 is 0 Å². The summed E-state index contributed by atoms with van der Waals surface area (Å²) in [5.41, 5.74) is 10.4. The van der Waals surface area contributed by atoms with Crippen LogP contribution in [0.5, 0.6) is 0 Å². The van der Waals surface area contributed by atoms with Crippen LogP contribution in [0.15, 0.2) is 4.99 Å². The van der Waals surface area contributed by atoms with Crippen molar-refractivity contribution in [3.8, 4) is 0 Å². The molecule has 0 aromatic carbocycles. The van der Waals surface area contributed by atoms with Gasteiger partial charge in [-0.05, 0) is 25.7 Å². The summed E-state index contributed by atoms with van der Waals surface area (Å²) in [7, 11) is 0. The maximum atomic E-state index is 12.3. The molecule has 0 aromatic rings. The van der Waals surface area contributed by atoms with E-state index in [9.17, 15) is 48.6 Å². The Morgan fingerprint density at radius 2 is 1.26 bits per heavy atom. The molecule has 2 atom stereocenters. The van der Waals surface area contributed by atoms with Crippen LogP contribution in [0.1, 0.15) is 44.9 Å². The van der Waals surface area contributed by atoms with Crippen molar-refractivity contribution in [2.45, 2.75) is 57.0 Å². The number of aliphatic imine (C=N–C) groups is 1. The second-order valence-corrected chi connectivity index (χ2v) is 7.48. The van der Waals surface area contributed by atoms with E-state index < -0.39 is 91.9 Å². The number of carboxylic acid groups (broad SMARTS) is 5. The Hall–Kier alpha value is -4.03. The first-order chi connectivity index (χ1) is 18.0. The second-order valence-electron chi connectivity index (χ2n) is 7.48. The minimum Gasteiger partial charge on any atom is -1.00 e. The summed E-state index contributed by atoms with van der Waals surface area (Å²) < 4.78 is 0. The quantitative estimate of drug-likeness (QED) is 0.0353.